The van der Waals surface area contributed by atoms with Crippen molar-refractivity contribution in [2.75, 3.05) is 6.61 Å². The van der Waals surface area contributed by atoms with Crippen LogP contribution in [0.5, 0.6) is 0 Å². The summed E-state index contributed by atoms with van der Waals surface area (Å²) in [6, 6.07) is 21.5. The van der Waals surface area contributed by atoms with Gasteiger partial charge in [-0.2, -0.15) is 0 Å². The van der Waals surface area contributed by atoms with Crippen LogP contribution in [-0.4, -0.2) is 14.9 Å². The Hall–Kier alpha value is -1.38. The zero-order valence-electron chi connectivity index (χ0n) is 13.2. The maximum atomic E-state index is 6.49. The number of benzene rings is 2. The lowest BCUT2D eigenvalue weighted by Gasteiger charge is -2.28. The zero-order chi connectivity index (χ0) is 15.0. The Morgan fingerprint density at radius 3 is 1.76 bits per heavy atom. The van der Waals surface area contributed by atoms with E-state index in [0.29, 0.717) is 0 Å². The molecule has 0 aromatic heterocycles. The van der Waals surface area contributed by atoms with Crippen LogP contribution in [0.3, 0.4) is 0 Å². The molecular weight excluding hydrogens is 272 g/mol. The van der Waals surface area contributed by atoms with Crippen LogP contribution in [0.25, 0.3) is 0 Å². The monoisotopic (exact) mass is 298 g/mol. The van der Waals surface area contributed by atoms with Crippen LogP contribution in [0, 0.1) is 0 Å². The SMILES string of the molecule is CCCCCCO[Si](C)(c1ccccc1)c1ccccc1. The summed E-state index contributed by atoms with van der Waals surface area (Å²) in [6.07, 6.45) is 5.00. The van der Waals surface area contributed by atoms with Crippen molar-refractivity contribution in [3.05, 3.63) is 60.7 Å². The Balaban J connectivity index is 2.15. The van der Waals surface area contributed by atoms with Crippen molar-refractivity contribution in [3.63, 3.8) is 0 Å². The topological polar surface area (TPSA) is 9.23 Å². The first kappa shape index (κ1) is 16.0. The van der Waals surface area contributed by atoms with E-state index in [-0.39, 0.29) is 0 Å². The number of hydrogen-bond donors (Lipinski definition) is 0. The van der Waals surface area contributed by atoms with Crippen LogP contribution in [0.4, 0.5) is 0 Å². The Bertz CT molecular complexity index is 470. The van der Waals surface area contributed by atoms with E-state index in [2.05, 4.69) is 74.1 Å². The molecule has 0 fully saturated rings. The lowest BCUT2D eigenvalue weighted by Crippen LogP contribution is -2.58. The second-order valence-corrected chi connectivity index (χ2v) is 9.18. The van der Waals surface area contributed by atoms with Gasteiger partial charge in [-0.05, 0) is 23.3 Å². The van der Waals surface area contributed by atoms with Gasteiger partial charge in [0.25, 0.3) is 8.32 Å². The summed E-state index contributed by atoms with van der Waals surface area (Å²) in [5.41, 5.74) is 0. The average Bonchev–Trinajstić information content (AvgIpc) is 2.56. The number of rotatable bonds is 8. The van der Waals surface area contributed by atoms with Crippen LogP contribution < -0.4 is 10.4 Å². The maximum absolute atomic E-state index is 6.49. The normalized spacial score (nSPS) is 11.5. The first-order valence-corrected chi connectivity index (χ1v) is 10.4. The first-order chi connectivity index (χ1) is 10.3. The van der Waals surface area contributed by atoms with E-state index in [1.54, 1.807) is 0 Å². The Kier molecular flexibility index (Phi) is 6.21. The van der Waals surface area contributed by atoms with Crippen molar-refractivity contribution in [1.82, 2.24) is 0 Å². The Morgan fingerprint density at radius 1 is 0.762 bits per heavy atom. The third kappa shape index (κ3) is 4.29. The second kappa shape index (κ2) is 8.16. The molecule has 0 N–H and O–H groups in total. The standard InChI is InChI=1S/C19H26OSi/c1-3-4-5-12-17-20-21(2,18-13-8-6-9-14-18)19-15-10-7-11-16-19/h6-11,13-16H,3-5,12,17H2,1-2H3. The van der Waals surface area contributed by atoms with Gasteiger partial charge >= 0.3 is 0 Å². The lowest BCUT2D eigenvalue weighted by atomic mass is 10.2. The Labute approximate surface area is 130 Å². The molecule has 2 rings (SSSR count). The van der Waals surface area contributed by atoms with Crippen LogP contribution >= 0.6 is 0 Å². The molecule has 2 aromatic rings. The molecule has 0 atom stereocenters. The molecule has 21 heavy (non-hydrogen) atoms. The minimum Gasteiger partial charge on any atom is -0.408 e. The molecule has 0 radical (unpaired) electrons. The van der Waals surface area contributed by atoms with Gasteiger partial charge in [0.2, 0.25) is 0 Å². The van der Waals surface area contributed by atoms with Gasteiger partial charge < -0.3 is 4.43 Å². The number of unbranched alkanes of at least 4 members (excludes halogenated alkanes) is 3. The van der Waals surface area contributed by atoms with Crippen molar-refractivity contribution < 1.29 is 4.43 Å². The van der Waals surface area contributed by atoms with Crippen molar-refractivity contribution in [1.29, 1.82) is 0 Å². The van der Waals surface area contributed by atoms with Gasteiger partial charge in [0.05, 0.1) is 0 Å². The molecule has 0 aliphatic carbocycles. The molecule has 112 valence electrons. The van der Waals surface area contributed by atoms with E-state index in [1.165, 1.54) is 29.6 Å². The molecular formula is C19H26OSi. The van der Waals surface area contributed by atoms with Crippen LogP contribution in [0.15, 0.2) is 60.7 Å². The van der Waals surface area contributed by atoms with E-state index in [4.69, 9.17) is 4.43 Å². The predicted octanol–water partition coefficient (Wildman–Crippen LogP) is 3.97. The molecule has 2 heteroatoms. The van der Waals surface area contributed by atoms with E-state index in [1.807, 2.05) is 0 Å². The van der Waals surface area contributed by atoms with E-state index >= 15 is 0 Å². The highest BCUT2D eigenvalue weighted by Gasteiger charge is 2.33. The second-order valence-electron chi connectivity index (χ2n) is 5.67. The average molecular weight is 299 g/mol. The van der Waals surface area contributed by atoms with Crippen LogP contribution in [0.1, 0.15) is 32.6 Å². The van der Waals surface area contributed by atoms with Gasteiger partial charge in [-0.3, -0.25) is 0 Å². The fourth-order valence-corrected chi connectivity index (χ4v) is 5.53. The predicted molar refractivity (Wildman–Crippen MR) is 93.9 cm³/mol. The molecule has 0 heterocycles. The Morgan fingerprint density at radius 2 is 1.29 bits per heavy atom. The van der Waals surface area contributed by atoms with E-state index < -0.39 is 8.32 Å². The van der Waals surface area contributed by atoms with Crippen LogP contribution in [-0.2, 0) is 4.43 Å². The summed E-state index contributed by atoms with van der Waals surface area (Å²) in [7, 11) is -2.06. The summed E-state index contributed by atoms with van der Waals surface area (Å²) in [5, 5.41) is 2.71. The minimum atomic E-state index is -2.06. The molecule has 0 amide bonds. The van der Waals surface area contributed by atoms with E-state index in [9.17, 15) is 0 Å². The van der Waals surface area contributed by atoms with Gasteiger partial charge in [-0.1, -0.05) is 86.8 Å². The minimum absolute atomic E-state index is 0.868. The molecule has 0 saturated carbocycles. The highest BCUT2D eigenvalue weighted by Crippen LogP contribution is 2.09. The third-order valence-electron chi connectivity index (χ3n) is 4.04. The van der Waals surface area contributed by atoms with Gasteiger partial charge in [0, 0.05) is 6.61 Å². The zero-order valence-corrected chi connectivity index (χ0v) is 14.2. The smallest absolute Gasteiger partial charge is 0.252 e. The molecule has 0 unspecified atom stereocenters. The molecule has 2 aromatic carbocycles. The lowest BCUT2D eigenvalue weighted by molar-refractivity contribution is 0.306. The van der Waals surface area contributed by atoms with E-state index in [0.717, 1.165) is 13.0 Å². The number of hydrogen-bond acceptors (Lipinski definition) is 1. The van der Waals surface area contributed by atoms with Gasteiger partial charge in [-0.25, -0.2) is 0 Å². The first-order valence-electron chi connectivity index (χ1n) is 8.02. The highest BCUT2D eigenvalue weighted by molar-refractivity contribution is 6.96. The fraction of sp³-hybridized carbons (Fsp3) is 0.368. The summed E-state index contributed by atoms with van der Waals surface area (Å²) in [6.45, 7) is 5.43. The van der Waals surface area contributed by atoms with Crippen LogP contribution in [0.2, 0.25) is 6.55 Å². The van der Waals surface area contributed by atoms with Gasteiger partial charge in [0.15, 0.2) is 0 Å². The summed E-state index contributed by atoms with van der Waals surface area (Å²) < 4.78 is 6.49. The van der Waals surface area contributed by atoms with Crippen molar-refractivity contribution >= 4 is 18.7 Å². The van der Waals surface area contributed by atoms with Crippen molar-refractivity contribution in [2.45, 2.75) is 39.2 Å². The van der Waals surface area contributed by atoms with Crippen molar-refractivity contribution in [3.8, 4) is 0 Å². The van der Waals surface area contributed by atoms with Crippen molar-refractivity contribution in [2.24, 2.45) is 0 Å². The largest absolute Gasteiger partial charge is 0.408 e. The van der Waals surface area contributed by atoms with Gasteiger partial charge in [0.1, 0.15) is 0 Å². The maximum Gasteiger partial charge on any atom is 0.252 e. The molecule has 1 nitrogen and oxygen atoms in total. The summed E-state index contributed by atoms with van der Waals surface area (Å²) in [5.74, 6) is 0. The molecule has 0 saturated heterocycles. The highest BCUT2D eigenvalue weighted by atomic mass is 28.4. The molecule has 0 aliphatic rings. The molecule has 0 bridgehead atoms. The summed E-state index contributed by atoms with van der Waals surface area (Å²) in [4.78, 5) is 0. The summed E-state index contributed by atoms with van der Waals surface area (Å²) >= 11 is 0. The van der Waals surface area contributed by atoms with Gasteiger partial charge in [-0.15, -0.1) is 0 Å². The molecule has 0 spiro atoms. The molecule has 0 aliphatic heterocycles. The third-order valence-corrected chi connectivity index (χ3v) is 7.69. The quantitative estimate of drug-likeness (QED) is 0.529. The fourth-order valence-electron chi connectivity index (χ4n) is 2.65.